The number of fused-ring (bicyclic) bond motifs is 1. The van der Waals surface area contributed by atoms with Gasteiger partial charge < -0.3 is 4.90 Å². The van der Waals surface area contributed by atoms with Crippen molar-refractivity contribution >= 4 is 21.6 Å². The standard InChI is InChI=1S/C16H22N2O3S/c1-3-11(2)17-22(20,21)14-6-7-15-13(10-14)8-9-18(15)16(19)12-4-5-12/h6-7,10-12,17H,3-5,8-9H2,1-2H3/t11-/m0/s1. The molecule has 1 N–H and O–H groups in total. The molecular formula is C16H22N2O3S. The van der Waals surface area contributed by atoms with Crippen LogP contribution in [0.1, 0.15) is 38.7 Å². The Morgan fingerprint density at radius 3 is 2.77 bits per heavy atom. The largest absolute Gasteiger partial charge is 0.312 e. The first-order valence-corrected chi connectivity index (χ1v) is 9.37. The molecule has 6 heteroatoms. The molecule has 22 heavy (non-hydrogen) atoms. The fraction of sp³-hybridized carbons (Fsp3) is 0.562. The summed E-state index contributed by atoms with van der Waals surface area (Å²) in [5.74, 6) is 0.369. The number of benzene rings is 1. The highest BCUT2D eigenvalue weighted by Crippen LogP contribution is 2.37. The van der Waals surface area contributed by atoms with Gasteiger partial charge in [-0.05, 0) is 56.4 Å². The summed E-state index contributed by atoms with van der Waals surface area (Å²) >= 11 is 0. The summed E-state index contributed by atoms with van der Waals surface area (Å²) in [6.45, 7) is 4.45. The number of rotatable bonds is 5. The Morgan fingerprint density at radius 2 is 2.14 bits per heavy atom. The molecule has 1 aromatic carbocycles. The van der Waals surface area contributed by atoms with Crippen molar-refractivity contribution in [1.29, 1.82) is 0 Å². The molecule has 1 saturated carbocycles. The monoisotopic (exact) mass is 322 g/mol. The van der Waals surface area contributed by atoms with Crippen LogP contribution in [0.5, 0.6) is 0 Å². The Bertz CT molecular complexity index is 695. The smallest absolute Gasteiger partial charge is 0.240 e. The molecule has 1 aliphatic heterocycles. The van der Waals surface area contributed by atoms with E-state index in [2.05, 4.69) is 4.72 Å². The minimum absolute atomic E-state index is 0.0915. The van der Waals surface area contributed by atoms with Crippen molar-refractivity contribution in [3.8, 4) is 0 Å². The maximum Gasteiger partial charge on any atom is 0.240 e. The lowest BCUT2D eigenvalue weighted by Gasteiger charge is -2.17. The molecule has 1 fully saturated rings. The van der Waals surface area contributed by atoms with Crippen LogP contribution in [0.25, 0.3) is 0 Å². The number of nitrogens with zero attached hydrogens (tertiary/aromatic N) is 1. The van der Waals surface area contributed by atoms with E-state index in [9.17, 15) is 13.2 Å². The molecule has 5 nitrogen and oxygen atoms in total. The van der Waals surface area contributed by atoms with Gasteiger partial charge in [-0.15, -0.1) is 0 Å². The summed E-state index contributed by atoms with van der Waals surface area (Å²) in [6.07, 6.45) is 3.43. The van der Waals surface area contributed by atoms with E-state index in [1.54, 1.807) is 18.2 Å². The van der Waals surface area contributed by atoms with Crippen LogP contribution in [-0.2, 0) is 21.2 Å². The lowest BCUT2D eigenvalue weighted by molar-refractivity contribution is -0.119. The topological polar surface area (TPSA) is 66.5 Å². The van der Waals surface area contributed by atoms with Gasteiger partial charge in [0.05, 0.1) is 4.90 Å². The van der Waals surface area contributed by atoms with Crippen LogP contribution in [-0.4, -0.2) is 26.9 Å². The van der Waals surface area contributed by atoms with E-state index in [-0.39, 0.29) is 22.8 Å². The van der Waals surface area contributed by atoms with Crippen molar-refractivity contribution in [3.63, 3.8) is 0 Å². The van der Waals surface area contributed by atoms with Gasteiger partial charge in [-0.1, -0.05) is 6.92 Å². The highest BCUT2D eigenvalue weighted by molar-refractivity contribution is 7.89. The van der Waals surface area contributed by atoms with Crippen LogP contribution in [0, 0.1) is 5.92 Å². The van der Waals surface area contributed by atoms with E-state index < -0.39 is 10.0 Å². The third-order valence-corrected chi connectivity index (χ3v) is 6.01. The molecule has 0 unspecified atom stereocenters. The SMILES string of the molecule is CC[C@H](C)NS(=O)(=O)c1ccc2c(c1)CCN2C(=O)C1CC1. The summed E-state index contributed by atoms with van der Waals surface area (Å²) in [4.78, 5) is 14.3. The Balaban J connectivity index is 1.84. The van der Waals surface area contributed by atoms with Gasteiger partial charge in [0.15, 0.2) is 0 Å². The van der Waals surface area contributed by atoms with Gasteiger partial charge >= 0.3 is 0 Å². The molecule has 1 atom stereocenters. The average molecular weight is 322 g/mol. The van der Waals surface area contributed by atoms with E-state index in [1.807, 2.05) is 18.7 Å². The van der Waals surface area contributed by atoms with Crippen LogP contribution in [0.3, 0.4) is 0 Å². The third kappa shape index (κ3) is 2.90. The molecular weight excluding hydrogens is 300 g/mol. The molecule has 120 valence electrons. The number of carbonyl (C=O) groups excluding carboxylic acids is 1. The number of amides is 1. The zero-order valence-electron chi connectivity index (χ0n) is 13.0. The minimum atomic E-state index is -3.49. The molecule has 0 radical (unpaired) electrons. The van der Waals surface area contributed by atoms with Crippen LogP contribution in [0.2, 0.25) is 0 Å². The maximum absolute atomic E-state index is 12.3. The molecule has 0 spiro atoms. The van der Waals surface area contributed by atoms with Gasteiger partial charge in [0.2, 0.25) is 15.9 Å². The molecule has 3 rings (SSSR count). The summed E-state index contributed by atoms with van der Waals surface area (Å²) in [5, 5.41) is 0. The van der Waals surface area contributed by atoms with E-state index in [0.29, 0.717) is 6.54 Å². The van der Waals surface area contributed by atoms with Gasteiger partial charge in [0.1, 0.15) is 0 Å². The molecule has 1 amide bonds. The number of sulfonamides is 1. The number of anilines is 1. The Hall–Kier alpha value is -1.40. The van der Waals surface area contributed by atoms with Crippen molar-refractivity contribution in [2.45, 2.75) is 50.5 Å². The zero-order valence-corrected chi connectivity index (χ0v) is 13.8. The molecule has 0 saturated heterocycles. The molecule has 1 aromatic rings. The van der Waals surface area contributed by atoms with Crippen molar-refractivity contribution < 1.29 is 13.2 Å². The number of hydrogen-bond acceptors (Lipinski definition) is 3. The predicted octanol–water partition coefficient (Wildman–Crippen LogP) is 2.06. The van der Waals surface area contributed by atoms with Crippen molar-refractivity contribution in [1.82, 2.24) is 4.72 Å². The highest BCUT2D eigenvalue weighted by atomic mass is 32.2. The first-order chi connectivity index (χ1) is 10.4. The first-order valence-electron chi connectivity index (χ1n) is 7.89. The van der Waals surface area contributed by atoms with Crippen molar-refractivity contribution in [2.75, 3.05) is 11.4 Å². The second kappa shape index (κ2) is 5.66. The second-order valence-electron chi connectivity index (χ2n) is 6.24. The van der Waals surface area contributed by atoms with Crippen molar-refractivity contribution in [3.05, 3.63) is 23.8 Å². The highest BCUT2D eigenvalue weighted by Gasteiger charge is 2.36. The van der Waals surface area contributed by atoms with E-state index in [1.165, 1.54) is 0 Å². The van der Waals surface area contributed by atoms with Crippen molar-refractivity contribution in [2.24, 2.45) is 5.92 Å². The average Bonchev–Trinajstić information content (AvgIpc) is 3.25. The fourth-order valence-electron chi connectivity index (χ4n) is 2.74. The van der Waals surface area contributed by atoms with E-state index in [0.717, 1.165) is 36.9 Å². The van der Waals surface area contributed by atoms with Crippen LogP contribution in [0.15, 0.2) is 23.1 Å². The van der Waals surface area contributed by atoms with Gasteiger partial charge in [-0.2, -0.15) is 0 Å². The summed E-state index contributed by atoms with van der Waals surface area (Å²) < 4.78 is 27.4. The van der Waals surface area contributed by atoms with Gasteiger partial charge in [0.25, 0.3) is 0 Å². The van der Waals surface area contributed by atoms with E-state index >= 15 is 0 Å². The normalized spacial score (nSPS) is 19.1. The van der Waals surface area contributed by atoms with Gasteiger partial charge in [-0.3, -0.25) is 4.79 Å². The van der Waals surface area contributed by atoms with Crippen LogP contribution >= 0.6 is 0 Å². The van der Waals surface area contributed by atoms with Gasteiger partial charge in [0, 0.05) is 24.2 Å². The lowest BCUT2D eigenvalue weighted by atomic mass is 10.2. The molecule has 2 aliphatic rings. The first kappa shape index (κ1) is 15.5. The third-order valence-electron chi connectivity index (χ3n) is 4.42. The molecule has 1 aliphatic carbocycles. The molecule has 0 aromatic heterocycles. The summed E-state index contributed by atoms with van der Waals surface area (Å²) in [6, 6.07) is 4.99. The number of hydrogen-bond donors (Lipinski definition) is 1. The predicted molar refractivity (Wildman–Crippen MR) is 85.3 cm³/mol. The zero-order chi connectivity index (χ0) is 15.9. The van der Waals surface area contributed by atoms with E-state index in [4.69, 9.17) is 0 Å². The van der Waals surface area contributed by atoms with Gasteiger partial charge in [-0.25, -0.2) is 13.1 Å². The maximum atomic E-state index is 12.3. The number of carbonyl (C=O) groups is 1. The molecule has 1 heterocycles. The fourth-order valence-corrected chi connectivity index (χ4v) is 4.12. The lowest BCUT2D eigenvalue weighted by Crippen LogP contribution is -2.32. The van der Waals surface area contributed by atoms with Crippen LogP contribution < -0.4 is 9.62 Å². The Kier molecular flexibility index (Phi) is 3.99. The Labute approximate surface area is 131 Å². The Morgan fingerprint density at radius 1 is 1.41 bits per heavy atom. The van der Waals surface area contributed by atoms with Crippen LogP contribution in [0.4, 0.5) is 5.69 Å². The quantitative estimate of drug-likeness (QED) is 0.902. The summed E-state index contributed by atoms with van der Waals surface area (Å²) in [7, 11) is -3.49. The number of nitrogens with one attached hydrogen (secondary N) is 1. The summed E-state index contributed by atoms with van der Waals surface area (Å²) in [5.41, 5.74) is 1.82. The minimum Gasteiger partial charge on any atom is -0.312 e. The molecule has 0 bridgehead atoms. The second-order valence-corrected chi connectivity index (χ2v) is 7.95.